The van der Waals surface area contributed by atoms with Gasteiger partial charge in [-0.25, -0.2) is 4.98 Å². The number of rotatable bonds is 10. The molecule has 0 saturated heterocycles. The number of aliphatic hydroxyl groups is 2. The van der Waals surface area contributed by atoms with Crippen LogP contribution >= 0.6 is 11.6 Å². The molecule has 1 fully saturated rings. The molecule has 0 bridgehead atoms. The summed E-state index contributed by atoms with van der Waals surface area (Å²) in [7, 11) is 1.59. The fraction of sp³-hybridized carbons (Fsp3) is 0.440. The predicted molar refractivity (Wildman–Crippen MR) is 132 cm³/mol. The Hall–Kier alpha value is -3.21. The van der Waals surface area contributed by atoms with E-state index in [1.165, 1.54) is 12.8 Å². The molecule has 1 amide bonds. The lowest BCUT2D eigenvalue weighted by molar-refractivity contribution is -0.124. The second-order valence-electron chi connectivity index (χ2n) is 8.76. The largest absolute Gasteiger partial charge is 0.489 e. The maximum absolute atomic E-state index is 11.1. The topological polar surface area (TPSA) is 140 Å². The number of aromatic nitrogens is 3. The van der Waals surface area contributed by atoms with Gasteiger partial charge in [-0.1, -0.05) is 29.6 Å². The number of aryl methyl sites for hydroxylation is 1. The van der Waals surface area contributed by atoms with E-state index in [1.807, 2.05) is 19.1 Å². The van der Waals surface area contributed by atoms with Gasteiger partial charge in [0.1, 0.15) is 25.1 Å². The standard InChI is InChI=1S/C25H29ClN4O6/c1-14-7-16(8-19(26)23(14)35-13-18(32)11-27-21(33)12-31)24-29-25(36-30-24)17-9-20(15-5-3-4-6-15)28-22(10-17)34-2/h7-10,15,18,31-32H,3-6,11-13H2,1-2H3,(H,27,33). The van der Waals surface area contributed by atoms with Gasteiger partial charge in [0, 0.05) is 35.3 Å². The number of hydrogen-bond donors (Lipinski definition) is 3. The maximum atomic E-state index is 11.1. The van der Waals surface area contributed by atoms with Gasteiger partial charge in [-0.05, 0) is 43.5 Å². The van der Waals surface area contributed by atoms with Crippen LogP contribution in [0.4, 0.5) is 0 Å². The van der Waals surface area contributed by atoms with E-state index in [0.717, 1.165) is 24.1 Å². The Bertz CT molecular complexity index is 1190. The van der Waals surface area contributed by atoms with Crippen molar-refractivity contribution in [2.45, 2.75) is 44.6 Å². The van der Waals surface area contributed by atoms with Gasteiger partial charge in [-0.2, -0.15) is 4.98 Å². The molecular formula is C25H29ClN4O6. The minimum atomic E-state index is -0.970. The van der Waals surface area contributed by atoms with Gasteiger partial charge in [-0.3, -0.25) is 4.79 Å². The second kappa shape index (κ2) is 11.7. The summed E-state index contributed by atoms with van der Waals surface area (Å²) in [6.45, 7) is 1.02. The van der Waals surface area contributed by atoms with Crippen LogP contribution in [-0.2, 0) is 4.79 Å². The van der Waals surface area contributed by atoms with Gasteiger partial charge in [0.05, 0.1) is 12.1 Å². The fourth-order valence-electron chi connectivity index (χ4n) is 4.21. The van der Waals surface area contributed by atoms with Gasteiger partial charge in [0.15, 0.2) is 0 Å². The molecule has 3 aromatic rings. The first-order chi connectivity index (χ1) is 17.4. The molecule has 36 heavy (non-hydrogen) atoms. The highest BCUT2D eigenvalue weighted by molar-refractivity contribution is 6.32. The smallest absolute Gasteiger partial charge is 0.258 e. The van der Waals surface area contributed by atoms with Gasteiger partial charge in [0.2, 0.25) is 17.6 Å². The molecule has 0 radical (unpaired) electrons. The first kappa shape index (κ1) is 25.9. The van der Waals surface area contributed by atoms with Crippen molar-refractivity contribution in [3.63, 3.8) is 0 Å². The SMILES string of the molecule is COc1cc(-c2nc(-c3cc(C)c(OCC(O)CNC(=O)CO)c(Cl)c3)no2)cc(C2CCCC2)n1. The molecule has 0 spiro atoms. The number of nitrogens with one attached hydrogen (secondary N) is 1. The number of amides is 1. The monoisotopic (exact) mass is 516 g/mol. The zero-order valence-electron chi connectivity index (χ0n) is 20.2. The molecule has 1 aliphatic carbocycles. The normalized spacial score (nSPS) is 14.6. The van der Waals surface area contributed by atoms with Gasteiger partial charge >= 0.3 is 0 Å². The van der Waals surface area contributed by atoms with Gasteiger partial charge < -0.3 is 29.5 Å². The highest BCUT2D eigenvalue weighted by atomic mass is 35.5. The summed E-state index contributed by atoms with van der Waals surface area (Å²) in [5, 5.41) is 25.6. The molecule has 4 rings (SSSR count). The van der Waals surface area contributed by atoms with Crippen molar-refractivity contribution in [3.05, 3.63) is 40.5 Å². The molecule has 1 atom stereocenters. The number of pyridine rings is 1. The van der Waals surface area contributed by atoms with Crippen molar-refractivity contribution in [1.82, 2.24) is 20.4 Å². The van der Waals surface area contributed by atoms with Crippen LogP contribution in [0.25, 0.3) is 22.8 Å². The molecule has 10 nitrogen and oxygen atoms in total. The summed E-state index contributed by atoms with van der Waals surface area (Å²) >= 11 is 6.45. The predicted octanol–water partition coefficient (Wildman–Crippen LogP) is 3.27. The first-order valence-corrected chi connectivity index (χ1v) is 12.1. The van der Waals surface area contributed by atoms with Gasteiger partial charge in [-0.15, -0.1) is 0 Å². The summed E-state index contributed by atoms with van der Waals surface area (Å²) in [5.41, 5.74) is 3.07. The first-order valence-electron chi connectivity index (χ1n) is 11.8. The van der Waals surface area contributed by atoms with Crippen molar-refractivity contribution in [3.8, 4) is 34.5 Å². The quantitative estimate of drug-likeness (QED) is 0.370. The minimum Gasteiger partial charge on any atom is -0.489 e. The second-order valence-corrected chi connectivity index (χ2v) is 9.17. The Morgan fingerprint density at radius 1 is 1.22 bits per heavy atom. The molecule has 2 heterocycles. The number of aliphatic hydroxyl groups excluding tert-OH is 2. The number of carbonyl (C=O) groups excluding carboxylic acids is 1. The van der Waals surface area contributed by atoms with E-state index >= 15 is 0 Å². The molecule has 1 aromatic carbocycles. The Morgan fingerprint density at radius 3 is 2.69 bits per heavy atom. The summed E-state index contributed by atoms with van der Waals surface area (Å²) in [4.78, 5) is 20.3. The van der Waals surface area contributed by atoms with Crippen molar-refractivity contribution in [2.75, 3.05) is 26.9 Å². The minimum absolute atomic E-state index is 0.0535. The molecule has 1 saturated carbocycles. The summed E-state index contributed by atoms with van der Waals surface area (Å²) in [5.74, 6) is 1.45. The third-order valence-electron chi connectivity index (χ3n) is 6.06. The van der Waals surface area contributed by atoms with Crippen molar-refractivity contribution in [2.24, 2.45) is 0 Å². The van der Waals surface area contributed by atoms with E-state index in [2.05, 4.69) is 20.4 Å². The fourth-order valence-corrected chi connectivity index (χ4v) is 4.53. The van der Waals surface area contributed by atoms with Gasteiger partial charge in [0.25, 0.3) is 5.89 Å². The molecule has 0 aliphatic heterocycles. The molecular weight excluding hydrogens is 488 g/mol. The Kier molecular flexibility index (Phi) is 8.40. The molecule has 3 N–H and O–H groups in total. The van der Waals surface area contributed by atoms with E-state index in [1.54, 1.807) is 19.2 Å². The van der Waals surface area contributed by atoms with Crippen LogP contribution in [0, 0.1) is 6.92 Å². The van der Waals surface area contributed by atoms with Crippen LogP contribution in [0.2, 0.25) is 5.02 Å². The van der Waals surface area contributed by atoms with E-state index in [-0.39, 0.29) is 13.2 Å². The van der Waals surface area contributed by atoms with E-state index in [4.69, 9.17) is 30.7 Å². The lowest BCUT2D eigenvalue weighted by atomic mass is 10.0. The number of carbonyl (C=O) groups is 1. The summed E-state index contributed by atoms with van der Waals surface area (Å²) in [6, 6.07) is 7.24. The van der Waals surface area contributed by atoms with E-state index < -0.39 is 18.6 Å². The number of hydrogen-bond acceptors (Lipinski definition) is 9. The third kappa shape index (κ3) is 6.13. The molecule has 1 aliphatic rings. The van der Waals surface area contributed by atoms with Crippen molar-refractivity contribution in [1.29, 1.82) is 0 Å². The van der Waals surface area contributed by atoms with Crippen LogP contribution < -0.4 is 14.8 Å². The highest BCUT2D eigenvalue weighted by Gasteiger charge is 2.22. The molecule has 192 valence electrons. The van der Waals surface area contributed by atoms with Crippen LogP contribution in [0.1, 0.15) is 42.9 Å². The van der Waals surface area contributed by atoms with Crippen LogP contribution in [-0.4, -0.2) is 64.2 Å². The Labute approximate surface area is 213 Å². The van der Waals surface area contributed by atoms with Crippen molar-refractivity contribution >= 4 is 17.5 Å². The van der Waals surface area contributed by atoms with Crippen LogP contribution in [0.5, 0.6) is 11.6 Å². The number of benzene rings is 1. The van der Waals surface area contributed by atoms with Crippen LogP contribution in [0.15, 0.2) is 28.8 Å². The lowest BCUT2D eigenvalue weighted by Gasteiger charge is -2.16. The average molecular weight is 517 g/mol. The maximum Gasteiger partial charge on any atom is 0.258 e. The summed E-state index contributed by atoms with van der Waals surface area (Å²) < 4.78 is 16.6. The Morgan fingerprint density at radius 2 is 2.00 bits per heavy atom. The average Bonchev–Trinajstić information content (AvgIpc) is 3.59. The highest BCUT2D eigenvalue weighted by Crippen LogP contribution is 2.37. The molecule has 1 unspecified atom stereocenters. The zero-order valence-corrected chi connectivity index (χ0v) is 20.9. The molecule has 2 aromatic heterocycles. The number of methoxy groups -OCH3 is 1. The number of ether oxygens (including phenoxy) is 2. The van der Waals surface area contributed by atoms with E-state index in [9.17, 15) is 9.90 Å². The Balaban J connectivity index is 1.50. The lowest BCUT2D eigenvalue weighted by Crippen LogP contribution is -2.36. The zero-order chi connectivity index (χ0) is 25.7. The summed E-state index contributed by atoms with van der Waals surface area (Å²) in [6.07, 6.45) is 3.64. The van der Waals surface area contributed by atoms with E-state index in [0.29, 0.717) is 45.4 Å². The van der Waals surface area contributed by atoms with Crippen LogP contribution in [0.3, 0.4) is 0 Å². The van der Waals surface area contributed by atoms with Crippen molar-refractivity contribution < 1.29 is 29.0 Å². The number of halogens is 1. The number of nitrogens with zero attached hydrogens (tertiary/aromatic N) is 3. The molecule has 11 heteroatoms. The third-order valence-corrected chi connectivity index (χ3v) is 6.34.